The number of nitrogens with one attached hydrogen (secondary N) is 2. The number of fused-ring (bicyclic) bond motifs is 1. The Labute approximate surface area is 176 Å². The van der Waals surface area contributed by atoms with Crippen LogP contribution in [0.15, 0.2) is 29.1 Å². The number of piperazine rings is 1. The summed E-state index contributed by atoms with van der Waals surface area (Å²) in [6.45, 7) is 6.65. The number of carbonyl (C=O) groups is 1. The third kappa shape index (κ3) is 4.34. The van der Waals surface area contributed by atoms with E-state index in [2.05, 4.69) is 25.1 Å². The van der Waals surface area contributed by atoms with Crippen LogP contribution in [-0.2, 0) is 6.54 Å². The van der Waals surface area contributed by atoms with E-state index in [4.69, 9.17) is 0 Å². The van der Waals surface area contributed by atoms with E-state index >= 15 is 0 Å². The standard InChI is InChI=1S/C22H30N6O2/c29-21-18-3-1-2-4-19(18)24-20(25-21)15-26-9-11-27(12-10-26)22(30)23-13-16-7-8-28(14-16)17-5-6-17/h1-4,16-17H,5-15H2,(H,23,30)(H,24,25,29). The van der Waals surface area contributed by atoms with Gasteiger partial charge in [-0.05, 0) is 43.9 Å². The number of H-pyrrole nitrogens is 1. The van der Waals surface area contributed by atoms with Crippen LogP contribution in [0.4, 0.5) is 4.79 Å². The van der Waals surface area contributed by atoms with Gasteiger partial charge in [0.15, 0.2) is 0 Å². The van der Waals surface area contributed by atoms with E-state index < -0.39 is 0 Å². The predicted octanol–water partition coefficient (Wildman–Crippen LogP) is 1.23. The number of urea groups is 1. The van der Waals surface area contributed by atoms with E-state index in [1.54, 1.807) is 6.07 Å². The third-order valence-electron chi connectivity index (χ3n) is 6.62. The molecule has 160 valence electrons. The Hall–Kier alpha value is -2.45. The molecular formula is C22H30N6O2. The second kappa shape index (κ2) is 8.35. The van der Waals surface area contributed by atoms with Gasteiger partial charge in [-0.2, -0.15) is 0 Å². The summed E-state index contributed by atoms with van der Waals surface area (Å²) in [5, 5.41) is 3.76. The number of benzene rings is 1. The van der Waals surface area contributed by atoms with Crippen LogP contribution in [0.3, 0.4) is 0 Å². The maximum absolute atomic E-state index is 12.6. The Bertz CT molecular complexity index is 963. The fraction of sp³-hybridized carbons (Fsp3) is 0.591. The van der Waals surface area contributed by atoms with Crippen molar-refractivity contribution in [2.75, 3.05) is 45.8 Å². The molecule has 1 unspecified atom stereocenters. The minimum atomic E-state index is -0.0965. The van der Waals surface area contributed by atoms with Gasteiger partial charge in [-0.3, -0.25) is 9.69 Å². The van der Waals surface area contributed by atoms with Gasteiger partial charge in [-0.1, -0.05) is 12.1 Å². The first-order valence-corrected chi connectivity index (χ1v) is 11.1. The summed E-state index contributed by atoms with van der Waals surface area (Å²) in [4.78, 5) is 39.0. The molecule has 8 heteroatoms. The van der Waals surface area contributed by atoms with E-state index in [0.29, 0.717) is 36.8 Å². The molecule has 2 aromatic rings. The lowest BCUT2D eigenvalue weighted by molar-refractivity contribution is 0.133. The van der Waals surface area contributed by atoms with Crippen LogP contribution in [-0.4, -0.2) is 82.6 Å². The average molecular weight is 411 g/mol. The van der Waals surface area contributed by atoms with Crippen LogP contribution in [0.1, 0.15) is 25.1 Å². The molecule has 2 saturated heterocycles. The molecule has 1 aliphatic carbocycles. The number of hydrogen-bond donors (Lipinski definition) is 2. The number of amides is 2. The highest BCUT2D eigenvalue weighted by Crippen LogP contribution is 2.31. The number of rotatable bonds is 5. The molecule has 1 saturated carbocycles. The van der Waals surface area contributed by atoms with Crippen LogP contribution < -0.4 is 10.9 Å². The Kier molecular flexibility index (Phi) is 5.43. The molecular weight excluding hydrogens is 380 g/mol. The molecule has 3 fully saturated rings. The Morgan fingerprint density at radius 2 is 1.90 bits per heavy atom. The Balaban J connectivity index is 1.08. The van der Waals surface area contributed by atoms with Crippen LogP contribution in [0.2, 0.25) is 0 Å². The quantitative estimate of drug-likeness (QED) is 0.775. The zero-order chi connectivity index (χ0) is 20.5. The van der Waals surface area contributed by atoms with Gasteiger partial charge in [0, 0.05) is 45.3 Å². The molecule has 2 N–H and O–H groups in total. The summed E-state index contributed by atoms with van der Waals surface area (Å²) < 4.78 is 0. The van der Waals surface area contributed by atoms with Gasteiger partial charge < -0.3 is 20.1 Å². The normalized spacial score (nSPS) is 23.2. The lowest BCUT2D eigenvalue weighted by atomic mass is 10.1. The number of para-hydroxylation sites is 1. The zero-order valence-electron chi connectivity index (χ0n) is 17.3. The van der Waals surface area contributed by atoms with Crippen molar-refractivity contribution in [1.82, 2.24) is 30.0 Å². The highest BCUT2D eigenvalue weighted by atomic mass is 16.2. The third-order valence-corrected chi connectivity index (χ3v) is 6.62. The monoisotopic (exact) mass is 410 g/mol. The smallest absolute Gasteiger partial charge is 0.317 e. The van der Waals surface area contributed by atoms with Gasteiger partial charge in [0.2, 0.25) is 0 Å². The summed E-state index contributed by atoms with van der Waals surface area (Å²) in [6.07, 6.45) is 3.90. The Morgan fingerprint density at radius 1 is 1.10 bits per heavy atom. The van der Waals surface area contributed by atoms with Crippen LogP contribution in [0.5, 0.6) is 0 Å². The molecule has 0 radical (unpaired) electrons. The lowest BCUT2D eigenvalue weighted by Gasteiger charge is -2.34. The average Bonchev–Trinajstić information content (AvgIpc) is 3.50. The second-order valence-corrected chi connectivity index (χ2v) is 8.86. The van der Waals surface area contributed by atoms with Crippen molar-refractivity contribution >= 4 is 16.9 Å². The first-order chi connectivity index (χ1) is 14.7. The molecule has 2 aliphatic heterocycles. The van der Waals surface area contributed by atoms with Crippen LogP contribution in [0.25, 0.3) is 10.9 Å². The van der Waals surface area contributed by atoms with Crippen LogP contribution >= 0.6 is 0 Å². The minimum Gasteiger partial charge on any atom is -0.338 e. The second-order valence-electron chi connectivity index (χ2n) is 8.86. The SMILES string of the molecule is O=C(NCC1CCN(C2CC2)C1)N1CCN(Cc2nc3ccccc3c(=O)[nH]2)CC1. The number of carbonyl (C=O) groups excluding carboxylic acids is 1. The highest BCUT2D eigenvalue weighted by molar-refractivity contribution is 5.77. The van der Waals surface area contributed by atoms with E-state index in [1.165, 1.54) is 25.8 Å². The molecule has 1 aromatic heterocycles. The number of aromatic amines is 1. The molecule has 0 bridgehead atoms. The fourth-order valence-electron chi connectivity index (χ4n) is 4.67. The van der Waals surface area contributed by atoms with Crippen molar-refractivity contribution in [2.24, 2.45) is 5.92 Å². The van der Waals surface area contributed by atoms with E-state index in [1.807, 2.05) is 23.1 Å². The van der Waals surface area contributed by atoms with E-state index in [9.17, 15) is 9.59 Å². The summed E-state index contributed by atoms with van der Waals surface area (Å²) in [5.41, 5.74) is 0.627. The topological polar surface area (TPSA) is 84.6 Å². The van der Waals surface area contributed by atoms with Crippen molar-refractivity contribution in [3.8, 4) is 0 Å². The van der Waals surface area contributed by atoms with Crippen molar-refractivity contribution in [1.29, 1.82) is 0 Å². The van der Waals surface area contributed by atoms with Crippen molar-refractivity contribution in [3.05, 3.63) is 40.4 Å². The summed E-state index contributed by atoms with van der Waals surface area (Å²) in [7, 11) is 0. The van der Waals surface area contributed by atoms with Gasteiger partial charge >= 0.3 is 6.03 Å². The zero-order valence-corrected chi connectivity index (χ0v) is 17.3. The predicted molar refractivity (Wildman–Crippen MR) is 115 cm³/mol. The van der Waals surface area contributed by atoms with Crippen molar-refractivity contribution < 1.29 is 4.79 Å². The maximum Gasteiger partial charge on any atom is 0.317 e. The highest BCUT2D eigenvalue weighted by Gasteiger charge is 2.34. The molecule has 8 nitrogen and oxygen atoms in total. The van der Waals surface area contributed by atoms with Crippen LogP contribution in [0, 0.1) is 5.92 Å². The van der Waals surface area contributed by atoms with Gasteiger partial charge in [0.05, 0.1) is 17.4 Å². The molecule has 1 aromatic carbocycles. The van der Waals surface area contributed by atoms with Crippen molar-refractivity contribution in [3.63, 3.8) is 0 Å². The fourth-order valence-corrected chi connectivity index (χ4v) is 4.67. The lowest BCUT2D eigenvalue weighted by Crippen LogP contribution is -2.52. The first-order valence-electron chi connectivity index (χ1n) is 11.1. The maximum atomic E-state index is 12.6. The number of aromatic nitrogens is 2. The molecule has 30 heavy (non-hydrogen) atoms. The van der Waals surface area contributed by atoms with Gasteiger partial charge in [0.25, 0.3) is 5.56 Å². The van der Waals surface area contributed by atoms with Gasteiger partial charge in [-0.25, -0.2) is 9.78 Å². The van der Waals surface area contributed by atoms with Gasteiger partial charge in [0.1, 0.15) is 5.82 Å². The van der Waals surface area contributed by atoms with Crippen molar-refractivity contribution in [2.45, 2.75) is 31.8 Å². The van der Waals surface area contributed by atoms with Gasteiger partial charge in [-0.15, -0.1) is 0 Å². The minimum absolute atomic E-state index is 0.0526. The molecule has 3 aliphatic rings. The van der Waals surface area contributed by atoms with E-state index in [-0.39, 0.29) is 11.6 Å². The number of hydrogen-bond acceptors (Lipinski definition) is 5. The molecule has 3 heterocycles. The summed E-state index contributed by atoms with van der Waals surface area (Å²) in [5.74, 6) is 1.27. The first kappa shape index (κ1) is 19.5. The molecule has 1 atom stereocenters. The Morgan fingerprint density at radius 3 is 2.70 bits per heavy atom. The number of likely N-dealkylation sites (tertiary alicyclic amines) is 1. The summed E-state index contributed by atoms with van der Waals surface area (Å²) >= 11 is 0. The largest absolute Gasteiger partial charge is 0.338 e. The van der Waals surface area contributed by atoms with E-state index in [0.717, 1.165) is 37.7 Å². The number of nitrogens with zero attached hydrogens (tertiary/aromatic N) is 4. The molecule has 0 spiro atoms. The molecule has 5 rings (SSSR count). The molecule has 2 amide bonds. The summed E-state index contributed by atoms with van der Waals surface area (Å²) in [6, 6.07) is 8.27.